The molecule has 82 valence electrons. The summed E-state index contributed by atoms with van der Waals surface area (Å²) in [5.41, 5.74) is 1.34. The van der Waals surface area contributed by atoms with Gasteiger partial charge in [0.1, 0.15) is 5.82 Å². The number of ketones is 1. The van der Waals surface area contributed by atoms with E-state index in [0.29, 0.717) is 5.56 Å². The topological polar surface area (TPSA) is 34.9 Å². The van der Waals surface area contributed by atoms with Crippen LogP contribution in [0.3, 0.4) is 0 Å². The number of aryl methyl sites for hydroxylation is 2. The minimum absolute atomic E-state index is 0.0907. The first-order valence-electron chi connectivity index (χ1n) is 4.87. The molecule has 0 spiro atoms. The number of carbonyl (C=O) groups is 1. The van der Waals surface area contributed by atoms with Gasteiger partial charge in [0, 0.05) is 13.2 Å². The summed E-state index contributed by atoms with van der Waals surface area (Å²) in [7, 11) is 1.71. The molecule has 0 aliphatic carbocycles. The molecule has 0 N–H and O–H groups in total. The molecule has 0 aliphatic heterocycles. The molecule has 0 amide bonds. The third-order valence-corrected chi connectivity index (χ3v) is 2.33. The quantitative estimate of drug-likeness (QED) is 0.723. The van der Waals surface area contributed by atoms with Crippen LogP contribution in [0.5, 0.6) is 0 Å². The van der Waals surface area contributed by atoms with E-state index in [4.69, 9.17) is 0 Å². The number of hydrogen-bond acceptors (Lipinski definition) is 2. The monoisotopic (exact) mass is 218 g/mol. The third kappa shape index (κ3) is 1.86. The van der Waals surface area contributed by atoms with Crippen molar-refractivity contribution in [1.29, 1.82) is 0 Å². The number of benzene rings is 1. The molecule has 1 aromatic carbocycles. The highest BCUT2D eigenvalue weighted by Gasteiger charge is 2.15. The Bertz CT molecular complexity index is 546. The zero-order valence-corrected chi connectivity index (χ0v) is 9.07. The van der Waals surface area contributed by atoms with E-state index in [9.17, 15) is 9.18 Å². The number of nitrogens with zero attached hydrogens (tertiary/aromatic N) is 2. The van der Waals surface area contributed by atoms with Crippen LogP contribution in [0.15, 0.2) is 30.6 Å². The summed E-state index contributed by atoms with van der Waals surface area (Å²) < 4.78 is 15.0. The van der Waals surface area contributed by atoms with Gasteiger partial charge in [0.15, 0.2) is 5.78 Å². The largest absolute Gasteiger partial charge is 0.288 e. The Hall–Kier alpha value is -1.97. The zero-order valence-electron chi connectivity index (χ0n) is 9.07. The van der Waals surface area contributed by atoms with E-state index in [-0.39, 0.29) is 11.3 Å². The first kappa shape index (κ1) is 10.5. The summed E-state index contributed by atoms with van der Waals surface area (Å²) >= 11 is 0. The second-order valence-corrected chi connectivity index (χ2v) is 3.72. The number of carbonyl (C=O) groups excluding carboxylic acids is 1. The lowest BCUT2D eigenvalue weighted by Crippen LogP contribution is -2.03. The van der Waals surface area contributed by atoms with Crippen molar-refractivity contribution in [3.63, 3.8) is 0 Å². The minimum Gasteiger partial charge on any atom is -0.288 e. The zero-order chi connectivity index (χ0) is 11.7. The molecular weight excluding hydrogens is 207 g/mol. The van der Waals surface area contributed by atoms with Crippen LogP contribution in [0.2, 0.25) is 0 Å². The van der Waals surface area contributed by atoms with Crippen LogP contribution >= 0.6 is 0 Å². The molecule has 0 bridgehead atoms. The summed E-state index contributed by atoms with van der Waals surface area (Å²) in [5.74, 6) is -0.839. The highest BCUT2D eigenvalue weighted by atomic mass is 19.1. The molecular formula is C12H11FN2O. The van der Waals surface area contributed by atoms with Gasteiger partial charge >= 0.3 is 0 Å². The van der Waals surface area contributed by atoms with E-state index >= 15 is 0 Å². The lowest BCUT2D eigenvalue weighted by molar-refractivity contribution is 0.103. The molecule has 0 atom stereocenters. The Balaban J connectivity index is 2.45. The Morgan fingerprint density at radius 1 is 1.44 bits per heavy atom. The molecule has 0 radical (unpaired) electrons. The highest BCUT2D eigenvalue weighted by Crippen LogP contribution is 2.14. The second kappa shape index (κ2) is 3.89. The summed E-state index contributed by atoms with van der Waals surface area (Å²) in [6.45, 7) is 1.82. The predicted molar refractivity (Wildman–Crippen MR) is 57.8 cm³/mol. The van der Waals surface area contributed by atoms with Crippen molar-refractivity contribution >= 4 is 5.78 Å². The van der Waals surface area contributed by atoms with Crippen molar-refractivity contribution in [1.82, 2.24) is 9.78 Å². The van der Waals surface area contributed by atoms with Crippen LogP contribution in [-0.2, 0) is 7.05 Å². The molecule has 0 fully saturated rings. The Morgan fingerprint density at radius 3 is 2.81 bits per heavy atom. The minimum atomic E-state index is -0.501. The summed E-state index contributed by atoms with van der Waals surface area (Å²) in [6.07, 6.45) is 3.01. The Labute approximate surface area is 92.5 Å². The fraction of sp³-hybridized carbons (Fsp3) is 0.167. The van der Waals surface area contributed by atoms with Gasteiger partial charge in [-0.1, -0.05) is 11.6 Å². The molecule has 0 aliphatic rings. The van der Waals surface area contributed by atoms with Gasteiger partial charge < -0.3 is 0 Å². The fourth-order valence-corrected chi connectivity index (χ4v) is 1.51. The maximum absolute atomic E-state index is 13.5. The first-order chi connectivity index (χ1) is 7.58. The predicted octanol–water partition coefficient (Wildman–Crippen LogP) is 2.10. The maximum atomic E-state index is 13.5. The van der Waals surface area contributed by atoms with Crippen LogP contribution in [0.4, 0.5) is 4.39 Å². The number of halogens is 1. The smallest absolute Gasteiger partial charge is 0.199 e. The molecule has 0 unspecified atom stereocenters. The van der Waals surface area contributed by atoms with Crippen LogP contribution < -0.4 is 0 Å². The van der Waals surface area contributed by atoms with Gasteiger partial charge in [0.25, 0.3) is 0 Å². The average molecular weight is 218 g/mol. The summed E-state index contributed by atoms with van der Waals surface area (Å²) in [4.78, 5) is 11.9. The Morgan fingerprint density at radius 2 is 2.19 bits per heavy atom. The maximum Gasteiger partial charge on any atom is 0.199 e. The number of rotatable bonds is 2. The van der Waals surface area contributed by atoms with Crippen LogP contribution in [-0.4, -0.2) is 15.6 Å². The summed E-state index contributed by atoms with van der Waals surface area (Å²) in [5, 5.41) is 3.89. The van der Waals surface area contributed by atoms with Crippen LogP contribution in [0.1, 0.15) is 21.5 Å². The number of aromatic nitrogens is 2. The highest BCUT2D eigenvalue weighted by molar-refractivity contribution is 6.08. The van der Waals surface area contributed by atoms with Gasteiger partial charge in [-0.2, -0.15) is 5.10 Å². The van der Waals surface area contributed by atoms with Crippen molar-refractivity contribution in [2.45, 2.75) is 6.92 Å². The van der Waals surface area contributed by atoms with Gasteiger partial charge in [-0.3, -0.25) is 9.48 Å². The lowest BCUT2D eigenvalue weighted by atomic mass is 10.0. The Kier molecular flexibility index (Phi) is 2.56. The molecule has 3 nitrogen and oxygen atoms in total. The second-order valence-electron chi connectivity index (χ2n) is 3.72. The van der Waals surface area contributed by atoms with E-state index < -0.39 is 5.82 Å². The van der Waals surface area contributed by atoms with Gasteiger partial charge in [-0.15, -0.1) is 0 Å². The van der Waals surface area contributed by atoms with Crippen molar-refractivity contribution < 1.29 is 9.18 Å². The number of hydrogen-bond donors (Lipinski definition) is 0. The molecule has 1 heterocycles. The standard InChI is InChI=1S/C12H11FN2O/c1-8-3-4-11(13)10(5-8)12(16)9-6-14-15(2)7-9/h3-7H,1-2H3. The molecule has 4 heteroatoms. The van der Waals surface area contributed by atoms with E-state index in [2.05, 4.69) is 5.10 Å². The summed E-state index contributed by atoms with van der Waals surface area (Å²) in [6, 6.07) is 4.49. The van der Waals surface area contributed by atoms with E-state index in [0.717, 1.165) is 5.56 Å². The van der Waals surface area contributed by atoms with Gasteiger partial charge in [0.05, 0.1) is 17.3 Å². The van der Waals surface area contributed by atoms with Gasteiger partial charge in [0.2, 0.25) is 0 Å². The van der Waals surface area contributed by atoms with Crippen LogP contribution in [0, 0.1) is 12.7 Å². The lowest BCUT2D eigenvalue weighted by Gasteiger charge is -2.01. The van der Waals surface area contributed by atoms with Gasteiger partial charge in [-0.25, -0.2) is 4.39 Å². The normalized spacial score (nSPS) is 10.4. The van der Waals surface area contributed by atoms with E-state index in [1.54, 1.807) is 25.4 Å². The van der Waals surface area contributed by atoms with Crippen molar-refractivity contribution in [2.24, 2.45) is 7.05 Å². The van der Waals surface area contributed by atoms with E-state index in [1.807, 2.05) is 6.92 Å². The SMILES string of the molecule is Cc1ccc(F)c(C(=O)c2cnn(C)c2)c1. The average Bonchev–Trinajstić information content (AvgIpc) is 2.67. The van der Waals surface area contributed by atoms with Crippen molar-refractivity contribution in [3.05, 3.63) is 53.1 Å². The molecule has 0 saturated carbocycles. The molecule has 1 aromatic heterocycles. The molecule has 16 heavy (non-hydrogen) atoms. The van der Waals surface area contributed by atoms with Crippen molar-refractivity contribution in [3.8, 4) is 0 Å². The molecule has 2 rings (SSSR count). The van der Waals surface area contributed by atoms with Gasteiger partial charge in [-0.05, 0) is 19.1 Å². The van der Waals surface area contributed by atoms with E-state index in [1.165, 1.54) is 16.9 Å². The molecule has 0 saturated heterocycles. The first-order valence-corrected chi connectivity index (χ1v) is 4.87. The van der Waals surface area contributed by atoms with Crippen LogP contribution in [0.25, 0.3) is 0 Å². The third-order valence-electron chi connectivity index (χ3n) is 2.33. The fourth-order valence-electron chi connectivity index (χ4n) is 1.51. The molecule has 2 aromatic rings. The van der Waals surface area contributed by atoms with Crippen molar-refractivity contribution in [2.75, 3.05) is 0 Å².